The lowest BCUT2D eigenvalue weighted by molar-refractivity contribution is -0.139. The van der Waals surface area contributed by atoms with Crippen LogP contribution < -0.4 is 11.1 Å². The first-order valence-electron chi connectivity index (χ1n) is 6.88. The second-order valence-corrected chi connectivity index (χ2v) is 5.59. The first-order valence-corrected chi connectivity index (χ1v) is 6.88. The topological polar surface area (TPSA) is 75.4 Å². The zero-order chi connectivity index (χ0) is 13.1. The van der Waals surface area contributed by atoms with Gasteiger partial charge in [-0.1, -0.05) is 12.8 Å². The number of hydrogen-bond acceptors (Lipinski definition) is 3. The maximum atomic E-state index is 12.2. The molecule has 0 aromatic carbocycles. The molecule has 3 N–H and O–H groups in total. The molecular weight excluding hydrogens is 230 g/mol. The van der Waals surface area contributed by atoms with Gasteiger partial charge >= 0.3 is 0 Å². The molecule has 0 bridgehead atoms. The lowest BCUT2D eigenvalue weighted by atomic mass is 9.84. The Morgan fingerprint density at radius 2 is 1.89 bits per heavy atom. The van der Waals surface area contributed by atoms with E-state index in [-0.39, 0.29) is 30.3 Å². The van der Waals surface area contributed by atoms with Gasteiger partial charge in [-0.15, -0.1) is 0 Å². The highest BCUT2D eigenvalue weighted by molar-refractivity contribution is 5.86. The van der Waals surface area contributed by atoms with E-state index in [0.717, 1.165) is 38.5 Å². The summed E-state index contributed by atoms with van der Waals surface area (Å²) in [6, 6.07) is 0.304. The van der Waals surface area contributed by atoms with Crippen molar-refractivity contribution in [3.63, 3.8) is 0 Å². The van der Waals surface area contributed by atoms with Crippen LogP contribution in [0.25, 0.3) is 0 Å². The molecule has 2 aliphatic carbocycles. The quantitative estimate of drug-likeness (QED) is 0.753. The number of rotatable bonds is 4. The molecule has 2 unspecified atom stereocenters. The number of carbonyl (C=O) groups is 2. The fraction of sp³-hybridized carbons (Fsp3) is 0.846. The Labute approximate surface area is 108 Å². The molecule has 0 heterocycles. The largest absolute Gasteiger partial charge is 0.352 e. The van der Waals surface area contributed by atoms with Crippen LogP contribution in [0.15, 0.2) is 0 Å². The summed E-state index contributed by atoms with van der Waals surface area (Å²) in [4.78, 5) is 25.4. The highest BCUT2D eigenvalue weighted by Crippen LogP contribution is 2.24. The molecule has 18 heavy (non-hydrogen) atoms. The number of hydrogen-bond donors (Lipinski definition) is 2. The minimum absolute atomic E-state index is 0.0214. The molecule has 0 spiro atoms. The number of carbonyl (C=O) groups excluding carboxylic acids is 2. The average molecular weight is 253 g/mol. The van der Waals surface area contributed by atoms with Gasteiger partial charge in [-0.2, -0.15) is 0 Å². The van der Waals surface area contributed by atoms with Crippen LogP contribution in [0.1, 0.15) is 38.5 Å². The Hall–Kier alpha value is -1.10. The third-order valence-corrected chi connectivity index (χ3v) is 3.84. The molecule has 2 amide bonds. The first kappa shape index (κ1) is 13.3. The Balaban J connectivity index is 1.80. The van der Waals surface area contributed by atoms with Crippen LogP contribution in [-0.4, -0.2) is 42.4 Å². The zero-order valence-electron chi connectivity index (χ0n) is 11.0. The van der Waals surface area contributed by atoms with Gasteiger partial charge in [0.1, 0.15) is 0 Å². The fourth-order valence-corrected chi connectivity index (χ4v) is 2.54. The number of amides is 2. The van der Waals surface area contributed by atoms with Gasteiger partial charge < -0.3 is 16.0 Å². The van der Waals surface area contributed by atoms with E-state index >= 15 is 0 Å². The van der Waals surface area contributed by atoms with E-state index < -0.39 is 0 Å². The molecule has 0 aromatic rings. The predicted octanol–water partition coefficient (Wildman–Crippen LogP) is 0.241. The van der Waals surface area contributed by atoms with Crippen LogP contribution in [0.2, 0.25) is 0 Å². The van der Waals surface area contributed by atoms with Gasteiger partial charge in [-0.25, -0.2) is 0 Å². The summed E-state index contributed by atoms with van der Waals surface area (Å²) in [6.07, 6.45) is 6.07. The zero-order valence-corrected chi connectivity index (χ0v) is 11.0. The Morgan fingerprint density at radius 1 is 1.22 bits per heavy atom. The Bertz CT molecular complexity index is 328. The summed E-state index contributed by atoms with van der Waals surface area (Å²) in [7, 11) is 1.69. The van der Waals surface area contributed by atoms with Crippen molar-refractivity contribution < 1.29 is 9.59 Å². The van der Waals surface area contributed by atoms with Crippen LogP contribution in [0.4, 0.5) is 0 Å². The number of nitrogens with two attached hydrogens (primary N) is 1. The van der Waals surface area contributed by atoms with Gasteiger partial charge in [-0.05, 0) is 25.7 Å². The van der Waals surface area contributed by atoms with Crippen molar-refractivity contribution >= 4 is 11.8 Å². The van der Waals surface area contributed by atoms with Gasteiger partial charge in [-0.3, -0.25) is 9.59 Å². The molecule has 2 aliphatic rings. The van der Waals surface area contributed by atoms with E-state index in [1.54, 1.807) is 7.05 Å². The molecule has 2 saturated carbocycles. The smallest absolute Gasteiger partial charge is 0.239 e. The van der Waals surface area contributed by atoms with Gasteiger partial charge in [0.15, 0.2) is 0 Å². The van der Waals surface area contributed by atoms with Crippen LogP contribution >= 0.6 is 0 Å². The van der Waals surface area contributed by atoms with Gasteiger partial charge in [0.2, 0.25) is 11.8 Å². The summed E-state index contributed by atoms with van der Waals surface area (Å²) in [5.41, 5.74) is 5.99. The monoisotopic (exact) mass is 253 g/mol. The number of likely N-dealkylation sites (N-methyl/N-ethyl adjacent to an activating group) is 1. The van der Waals surface area contributed by atoms with Crippen molar-refractivity contribution in [2.24, 2.45) is 11.7 Å². The van der Waals surface area contributed by atoms with E-state index in [0.29, 0.717) is 6.04 Å². The molecule has 0 saturated heterocycles. The highest BCUT2D eigenvalue weighted by atomic mass is 16.2. The van der Waals surface area contributed by atoms with Crippen molar-refractivity contribution in [3.8, 4) is 0 Å². The lowest BCUT2D eigenvalue weighted by Crippen LogP contribution is -2.47. The molecule has 0 aromatic heterocycles. The molecular formula is C13H23N3O2. The van der Waals surface area contributed by atoms with Crippen molar-refractivity contribution in [1.29, 1.82) is 0 Å². The van der Waals surface area contributed by atoms with Crippen molar-refractivity contribution in [1.82, 2.24) is 10.2 Å². The summed E-state index contributed by atoms with van der Waals surface area (Å²) >= 11 is 0. The summed E-state index contributed by atoms with van der Waals surface area (Å²) in [5, 5.41) is 2.89. The van der Waals surface area contributed by atoms with Crippen molar-refractivity contribution in [2.45, 2.75) is 50.6 Å². The second kappa shape index (κ2) is 5.69. The van der Waals surface area contributed by atoms with E-state index in [1.165, 1.54) is 4.90 Å². The van der Waals surface area contributed by atoms with Crippen molar-refractivity contribution in [2.75, 3.05) is 13.6 Å². The van der Waals surface area contributed by atoms with Gasteiger partial charge in [0.25, 0.3) is 0 Å². The molecule has 5 nitrogen and oxygen atoms in total. The molecule has 5 heteroatoms. The van der Waals surface area contributed by atoms with E-state index in [4.69, 9.17) is 5.73 Å². The van der Waals surface area contributed by atoms with Crippen LogP contribution in [-0.2, 0) is 9.59 Å². The van der Waals surface area contributed by atoms with Crippen molar-refractivity contribution in [3.05, 3.63) is 0 Å². The minimum Gasteiger partial charge on any atom is -0.352 e. The first-order chi connectivity index (χ1) is 8.58. The van der Waals surface area contributed by atoms with Crippen LogP contribution in [0.3, 0.4) is 0 Å². The molecule has 2 rings (SSSR count). The SMILES string of the molecule is CN(CC(=O)NC1CC1)C(=O)C1CCCCC1N. The van der Waals surface area contributed by atoms with Crippen LogP contribution in [0.5, 0.6) is 0 Å². The average Bonchev–Trinajstić information content (AvgIpc) is 3.12. The Kier molecular flexibility index (Phi) is 4.22. The third kappa shape index (κ3) is 3.45. The molecule has 0 radical (unpaired) electrons. The number of nitrogens with zero attached hydrogens (tertiary/aromatic N) is 1. The summed E-state index contributed by atoms with van der Waals surface area (Å²) in [5.74, 6) is -0.136. The van der Waals surface area contributed by atoms with Gasteiger partial charge in [0.05, 0.1) is 12.5 Å². The molecule has 102 valence electrons. The third-order valence-electron chi connectivity index (χ3n) is 3.84. The maximum absolute atomic E-state index is 12.2. The highest BCUT2D eigenvalue weighted by Gasteiger charge is 2.31. The van der Waals surface area contributed by atoms with Crippen LogP contribution in [0, 0.1) is 5.92 Å². The van der Waals surface area contributed by atoms with E-state index in [2.05, 4.69) is 5.32 Å². The summed E-state index contributed by atoms with van der Waals surface area (Å²) in [6.45, 7) is 0.151. The normalized spacial score (nSPS) is 27.7. The maximum Gasteiger partial charge on any atom is 0.239 e. The van der Waals surface area contributed by atoms with E-state index in [9.17, 15) is 9.59 Å². The summed E-state index contributed by atoms with van der Waals surface area (Å²) < 4.78 is 0. The van der Waals surface area contributed by atoms with E-state index in [1.807, 2.05) is 0 Å². The molecule has 2 fully saturated rings. The van der Waals surface area contributed by atoms with Gasteiger partial charge in [0, 0.05) is 19.1 Å². The predicted molar refractivity (Wildman–Crippen MR) is 68.7 cm³/mol. The molecule has 0 aliphatic heterocycles. The fourth-order valence-electron chi connectivity index (χ4n) is 2.54. The minimum atomic E-state index is -0.0996. The Morgan fingerprint density at radius 3 is 2.50 bits per heavy atom. The molecule has 2 atom stereocenters. The number of nitrogens with one attached hydrogen (secondary N) is 1. The second-order valence-electron chi connectivity index (χ2n) is 5.59. The lowest BCUT2D eigenvalue weighted by Gasteiger charge is -2.30. The standard InChI is InChI=1S/C13H23N3O2/c1-16(8-12(17)15-9-6-7-9)13(18)10-4-2-3-5-11(10)14/h9-11H,2-8,14H2,1H3,(H,15,17).